The van der Waals surface area contributed by atoms with E-state index in [1.807, 2.05) is 0 Å². The number of benzene rings is 1. The molecule has 2 aromatic rings. The fraction of sp³-hybridized carbons (Fsp3) is 0. The van der Waals surface area contributed by atoms with Gasteiger partial charge in [0.25, 0.3) is 0 Å². The second-order valence-electron chi connectivity index (χ2n) is 2.86. The molecule has 0 aliphatic rings. The Bertz CT molecular complexity index is 507. The van der Waals surface area contributed by atoms with Gasteiger partial charge in [-0.2, -0.15) is 0 Å². The summed E-state index contributed by atoms with van der Waals surface area (Å²) in [5.74, 6) is -0.112. The van der Waals surface area contributed by atoms with Gasteiger partial charge in [-0.3, -0.25) is 0 Å². The highest BCUT2D eigenvalue weighted by atomic mass is 79.9. The van der Waals surface area contributed by atoms with Crippen LogP contribution in [0.5, 0.6) is 11.8 Å². The Morgan fingerprint density at radius 3 is 2.56 bits per heavy atom. The minimum absolute atomic E-state index is 0.00499. The van der Waals surface area contributed by atoms with Crippen molar-refractivity contribution in [1.29, 1.82) is 0 Å². The van der Waals surface area contributed by atoms with Crippen LogP contribution < -0.4 is 4.74 Å². The molecule has 0 amide bonds. The lowest BCUT2D eigenvalue weighted by Gasteiger charge is -2.03. The number of hydrogen-bond donors (Lipinski definition) is 0. The normalized spacial score (nSPS) is 10.2. The minimum Gasteiger partial charge on any atom is -0.424 e. The van der Waals surface area contributed by atoms with E-state index < -0.39 is 5.82 Å². The molecule has 0 saturated carbocycles. The highest BCUT2D eigenvalue weighted by molar-refractivity contribution is 9.10. The first-order chi connectivity index (χ1) is 7.65. The summed E-state index contributed by atoms with van der Waals surface area (Å²) in [5, 5.41) is -0.00499. The van der Waals surface area contributed by atoms with Gasteiger partial charge in [-0.15, -0.1) is 0 Å². The summed E-state index contributed by atoms with van der Waals surface area (Å²) in [6.45, 7) is 0. The van der Waals surface area contributed by atoms with Crippen LogP contribution in [0.4, 0.5) is 4.39 Å². The maximum atomic E-state index is 12.9. The van der Waals surface area contributed by atoms with E-state index in [1.54, 1.807) is 12.4 Å². The summed E-state index contributed by atoms with van der Waals surface area (Å²) in [6, 6.07) is 4.21. The molecule has 82 valence electrons. The van der Waals surface area contributed by atoms with Crippen LogP contribution in [0.1, 0.15) is 0 Å². The molecule has 16 heavy (non-hydrogen) atoms. The van der Waals surface area contributed by atoms with E-state index in [-0.39, 0.29) is 11.0 Å². The van der Waals surface area contributed by atoms with Crippen molar-refractivity contribution >= 4 is 27.5 Å². The summed E-state index contributed by atoms with van der Waals surface area (Å²) >= 11 is 8.80. The van der Waals surface area contributed by atoms with Crippen LogP contribution in [0.2, 0.25) is 5.02 Å². The third-order valence-electron chi connectivity index (χ3n) is 1.70. The van der Waals surface area contributed by atoms with Crippen molar-refractivity contribution in [2.45, 2.75) is 0 Å². The van der Waals surface area contributed by atoms with Crippen LogP contribution in [-0.4, -0.2) is 9.97 Å². The Morgan fingerprint density at radius 2 is 1.94 bits per heavy atom. The molecular formula is C10H5BrClFN2O. The van der Waals surface area contributed by atoms with Crippen LogP contribution in [0.25, 0.3) is 0 Å². The highest BCUT2D eigenvalue weighted by Gasteiger charge is 2.04. The molecule has 0 fully saturated rings. The number of halogens is 3. The molecule has 0 aliphatic carbocycles. The van der Waals surface area contributed by atoms with Crippen molar-refractivity contribution in [3.05, 3.63) is 45.9 Å². The SMILES string of the molecule is Fc1ccc(Oc2ncc(Br)cn2)cc1Cl. The standard InChI is InChI=1S/C10H5BrClFN2O/c11-6-4-14-10(15-5-6)16-7-1-2-9(13)8(12)3-7/h1-5H. The lowest BCUT2D eigenvalue weighted by Crippen LogP contribution is -1.91. The third-order valence-corrected chi connectivity index (χ3v) is 2.40. The molecule has 1 aromatic carbocycles. The number of hydrogen-bond acceptors (Lipinski definition) is 3. The lowest BCUT2D eigenvalue weighted by atomic mass is 10.3. The molecule has 2 rings (SSSR count). The van der Waals surface area contributed by atoms with Crippen LogP contribution in [-0.2, 0) is 0 Å². The molecule has 0 bridgehead atoms. The summed E-state index contributed by atoms with van der Waals surface area (Å²) in [5.41, 5.74) is 0. The van der Waals surface area contributed by atoms with Crippen molar-refractivity contribution in [2.75, 3.05) is 0 Å². The maximum Gasteiger partial charge on any atom is 0.321 e. The van der Waals surface area contributed by atoms with E-state index in [2.05, 4.69) is 25.9 Å². The van der Waals surface area contributed by atoms with Gasteiger partial charge >= 0.3 is 6.01 Å². The fourth-order valence-electron chi connectivity index (χ4n) is 0.999. The zero-order valence-electron chi connectivity index (χ0n) is 7.82. The quantitative estimate of drug-likeness (QED) is 0.846. The molecule has 0 N–H and O–H groups in total. The Kier molecular flexibility index (Phi) is 3.36. The Hall–Kier alpha value is -1.20. The smallest absolute Gasteiger partial charge is 0.321 e. The van der Waals surface area contributed by atoms with E-state index in [0.717, 1.165) is 4.47 Å². The molecule has 0 unspecified atom stereocenters. The van der Waals surface area contributed by atoms with Gasteiger partial charge in [0.15, 0.2) is 0 Å². The van der Waals surface area contributed by atoms with Gasteiger partial charge in [0.1, 0.15) is 11.6 Å². The van der Waals surface area contributed by atoms with Crippen molar-refractivity contribution < 1.29 is 9.13 Å². The zero-order valence-corrected chi connectivity index (χ0v) is 10.2. The second kappa shape index (κ2) is 4.76. The summed E-state index contributed by atoms with van der Waals surface area (Å²) in [6.07, 6.45) is 3.10. The Labute approximate surface area is 104 Å². The first-order valence-electron chi connectivity index (χ1n) is 4.25. The molecule has 0 spiro atoms. The topological polar surface area (TPSA) is 35.0 Å². The zero-order chi connectivity index (χ0) is 11.5. The Morgan fingerprint density at radius 1 is 1.25 bits per heavy atom. The van der Waals surface area contributed by atoms with Crippen molar-refractivity contribution in [3.63, 3.8) is 0 Å². The largest absolute Gasteiger partial charge is 0.424 e. The average molecular weight is 304 g/mol. The average Bonchev–Trinajstić information content (AvgIpc) is 2.27. The van der Waals surface area contributed by atoms with Gasteiger partial charge < -0.3 is 4.74 Å². The molecule has 3 nitrogen and oxygen atoms in total. The molecule has 1 heterocycles. The predicted octanol–water partition coefficient (Wildman–Crippen LogP) is 3.82. The van der Waals surface area contributed by atoms with Crippen molar-refractivity contribution in [1.82, 2.24) is 9.97 Å². The molecule has 0 radical (unpaired) electrons. The van der Waals surface area contributed by atoms with Gasteiger partial charge in [0.05, 0.1) is 9.50 Å². The Balaban J connectivity index is 2.20. The molecule has 0 aliphatic heterocycles. The van der Waals surface area contributed by atoms with Gasteiger partial charge in [-0.1, -0.05) is 11.6 Å². The second-order valence-corrected chi connectivity index (χ2v) is 4.18. The summed E-state index contributed by atoms with van der Waals surface area (Å²) in [7, 11) is 0. The van der Waals surface area contributed by atoms with Crippen LogP contribution in [0.3, 0.4) is 0 Å². The van der Waals surface area contributed by atoms with E-state index in [4.69, 9.17) is 16.3 Å². The van der Waals surface area contributed by atoms with E-state index >= 15 is 0 Å². The van der Waals surface area contributed by atoms with Crippen LogP contribution in [0, 0.1) is 5.82 Å². The lowest BCUT2D eigenvalue weighted by molar-refractivity contribution is 0.440. The summed E-state index contributed by atoms with van der Waals surface area (Å²) in [4.78, 5) is 7.82. The molecule has 0 saturated heterocycles. The number of ether oxygens (including phenoxy) is 1. The monoisotopic (exact) mass is 302 g/mol. The predicted molar refractivity (Wildman–Crippen MR) is 61.2 cm³/mol. The van der Waals surface area contributed by atoms with Crippen molar-refractivity contribution in [2.24, 2.45) is 0 Å². The molecular weight excluding hydrogens is 298 g/mol. The third kappa shape index (κ3) is 2.68. The van der Waals surface area contributed by atoms with Crippen LogP contribution in [0.15, 0.2) is 35.1 Å². The first kappa shape index (κ1) is 11.3. The number of rotatable bonds is 2. The van der Waals surface area contributed by atoms with Crippen molar-refractivity contribution in [3.8, 4) is 11.8 Å². The maximum absolute atomic E-state index is 12.9. The van der Waals surface area contributed by atoms with E-state index in [9.17, 15) is 4.39 Å². The van der Waals surface area contributed by atoms with E-state index in [1.165, 1.54) is 18.2 Å². The van der Waals surface area contributed by atoms with Gasteiger partial charge in [0.2, 0.25) is 0 Å². The highest BCUT2D eigenvalue weighted by Crippen LogP contribution is 2.24. The minimum atomic E-state index is -0.495. The molecule has 6 heteroatoms. The van der Waals surface area contributed by atoms with Gasteiger partial charge in [-0.25, -0.2) is 14.4 Å². The number of nitrogens with zero attached hydrogens (tertiary/aromatic N) is 2. The molecule has 0 atom stereocenters. The van der Waals surface area contributed by atoms with Gasteiger partial charge in [0, 0.05) is 18.5 Å². The van der Waals surface area contributed by atoms with Crippen LogP contribution >= 0.6 is 27.5 Å². The summed E-state index contributed by atoms with van der Waals surface area (Å²) < 4.78 is 18.9. The van der Waals surface area contributed by atoms with E-state index in [0.29, 0.717) is 5.75 Å². The number of aromatic nitrogens is 2. The molecule has 1 aromatic heterocycles. The van der Waals surface area contributed by atoms with Gasteiger partial charge in [-0.05, 0) is 28.1 Å². The fourth-order valence-corrected chi connectivity index (χ4v) is 1.37. The first-order valence-corrected chi connectivity index (χ1v) is 5.43.